The van der Waals surface area contributed by atoms with Crippen molar-refractivity contribution in [3.8, 4) is 0 Å². The van der Waals surface area contributed by atoms with Crippen LogP contribution in [-0.2, 0) is 26.2 Å². The third kappa shape index (κ3) is 7.99. The minimum absolute atomic E-state index is 0.0478. The predicted octanol–water partition coefficient (Wildman–Crippen LogP) is 6.22. The van der Waals surface area contributed by atoms with Crippen molar-refractivity contribution in [2.75, 3.05) is 10.8 Å². The highest BCUT2D eigenvalue weighted by atomic mass is 35.5. The van der Waals surface area contributed by atoms with Crippen molar-refractivity contribution >= 4 is 50.7 Å². The monoisotopic (exact) mass is 603 g/mol. The SMILES string of the molecule is CC[C@@H](C)NC(=O)[C@H](CC)N(Cc1ccc(Cl)cc1)C(=O)CN(c1ccc(Cl)cc1)S(=O)(=O)c1ccc(C)cc1. The number of sulfonamides is 1. The minimum Gasteiger partial charge on any atom is -0.352 e. The summed E-state index contributed by atoms with van der Waals surface area (Å²) >= 11 is 12.1. The fraction of sp³-hybridized carbons (Fsp3) is 0.333. The zero-order chi connectivity index (χ0) is 29.4. The average Bonchev–Trinajstić information content (AvgIpc) is 2.93. The first kappa shape index (κ1) is 31.5. The number of benzene rings is 3. The Bertz CT molecular complexity index is 1400. The number of anilines is 1. The Morgan fingerprint density at radius 3 is 1.93 bits per heavy atom. The molecule has 0 aromatic heterocycles. The lowest BCUT2D eigenvalue weighted by molar-refractivity contribution is -0.140. The van der Waals surface area contributed by atoms with E-state index in [2.05, 4.69) is 5.32 Å². The molecular weight excluding hydrogens is 569 g/mol. The van der Waals surface area contributed by atoms with Gasteiger partial charge in [-0.3, -0.25) is 13.9 Å². The Labute approximate surface area is 247 Å². The lowest BCUT2D eigenvalue weighted by Gasteiger charge is -2.33. The number of amides is 2. The number of aryl methyl sites for hydroxylation is 1. The number of carbonyl (C=O) groups excluding carboxylic acids is 2. The van der Waals surface area contributed by atoms with E-state index in [0.717, 1.165) is 21.9 Å². The molecule has 7 nitrogen and oxygen atoms in total. The first-order valence-electron chi connectivity index (χ1n) is 13.2. The lowest BCUT2D eigenvalue weighted by Crippen LogP contribution is -2.53. The summed E-state index contributed by atoms with van der Waals surface area (Å²) in [6, 6.07) is 18.8. The highest BCUT2D eigenvalue weighted by Crippen LogP contribution is 2.26. The molecule has 3 aromatic carbocycles. The molecule has 0 heterocycles. The van der Waals surface area contributed by atoms with E-state index in [0.29, 0.717) is 16.5 Å². The molecule has 0 saturated heterocycles. The summed E-state index contributed by atoms with van der Waals surface area (Å²) < 4.78 is 28.8. The van der Waals surface area contributed by atoms with Crippen LogP contribution in [0.5, 0.6) is 0 Å². The zero-order valence-electron chi connectivity index (χ0n) is 23.1. The van der Waals surface area contributed by atoms with E-state index in [1.54, 1.807) is 60.7 Å². The van der Waals surface area contributed by atoms with Gasteiger partial charge in [-0.1, -0.05) is 66.9 Å². The maximum absolute atomic E-state index is 14.0. The van der Waals surface area contributed by atoms with Crippen LogP contribution < -0.4 is 9.62 Å². The highest BCUT2D eigenvalue weighted by molar-refractivity contribution is 7.92. The molecule has 3 aromatic rings. The maximum atomic E-state index is 14.0. The molecule has 2 atom stereocenters. The number of hydrogen-bond donors (Lipinski definition) is 1. The zero-order valence-corrected chi connectivity index (χ0v) is 25.4. The van der Waals surface area contributed by atoms with Crippen molar-refractivity contribution in [1.82, 2.24) is 10.2 Å². The molecule has 0 radical (unpaired) electrons. The standard InChI is InChI=1S/C30H35Cl2N3O4S/c1-5-22(4)33-30(37)28(6-2)34(19-23-9-11-24(31)12-10-23)29(36)20-35(26-15-13-25(32)14-16-26)40(38,39)27-17-7-21(3)8-18-27/h7-18,22,28H,5-6,19-20H2,1-4H3,(H,33,37)/t22-,28+/m1/s1. The van der Waals surface area contributed by atoms with Gasteiger partial charge in [-0.05, 0) is 80.8 Å². The maximum Gasteiger partial charge on any atom is 0.264 e. The molecule has 0 unspecified atom stereocenters. The van der Waals surface area contributed by atoms with Gasteiger partial charge in [0.25, 0.3) is 10.0 Å². The van der Waals surface area contributed by atoms with E-state index in [1.807, 2.05) is 27.7 Å². The van der Waals surface area contributed by atoms with E-state index < -0.39 is 28.5 Å². The Kier molecular flexibility index (Phi) is 11.0. The molecule has 1 N–H and O–H groups in total. The summed E-state index contributed by atoms with van der Waals surface area (Å²) in [5.41, 5.74) is 1.94. The third-order valence-corrected chi connectivity index (χ3v) is 8.95. The van der Waals surface area contributed by atoms with Crippen molar-refractivity contribution in [3.63, 3.8) is 0 Å². The van der Waals surface area contributed by atoms with Crippen LogP contribution in [0.25, 0.3) is 0 Å². The van der Waals surface area contributed by atoms with Gasteiger partial charge in [0.1, 0.15) is 12.6 Å². The fourth-order valence-corrected chi connectivity index (χ4v) is 5.79. The molecule has 3 rings (SSSR count). The number of rotatable bonds is 12. The van der Waals surface area contributed by atoms with Crippen LogP contribution in [0, 0.1) is 6.92 Å². The van der Waals surface area contributed by atoms with Gasteiger partial charge in [-0.2, -0.15) is 0 Å². The van der Waals surface area contributed by atoms with Crippen molar-refractivity contribution in [2.24, 2.45) is 0 Å². The second-order valence-corrected chi connectivity index (χ2v) is 12.4. The molecule has 0 bridgehead atoms. The molecule has 0 saturated carbocycles. The summed E-state index contributed by atoms with van der Waals surface area (Å²) in [6.45, 7) is 7.12. The number of nitrogens with zero attached hydrogens (tertiary/aromatic N) is 2. The summed E-state index contributed by atoms with van der Waals surface area (Å²) in [4.78, 5) is 28.8. The van der Waals surface area contributed by atoms with Crippen LogP contribution in [0.15, 0.2) is 77.7 Å². The second-order valence-electron chi connectivity index (χ2n) is 9.69. The molecular formula is C30H35Cl2N3O4S. The summed E-state index contributed by atoms with van der Waals surface area (Å²) in [5, 5.41) is 3.94. The van der Waals surface area contributed by atoms with E-state index in [-0.39, 0.29) is 29.1 Å². The topological polar surface area (TPSA) is 86.8 Å². The number of halogens is 2. The first-order valence-corrected chi connectivity index (χ1v) is 15.3. The minimum atomic E-state index is -4.14. The molecule has 0 aliphatic rings. The summed E-state index contributed by atoms with van der Waals surface area (Å²) in [5.74, 6) is -0.815. The Hall–Kier alpha value is -3.07. The van der Waals surface area contributed by atoms with Gasteiger partial charge in [0.05, 0.1) is 10.6 Å². The first-order chi connectivity index (χ1) is 19.0. The molecule has 0 fully saturated rings. The highest BCUT2D eigenvalue weighted by Gasteiger charge is 2.34. The van der Waals surface area contributed by atoms with E-state index in [4.69, 9.17) is 23.2 Å². The van der Waals surface area contributed by atoms with Crippen LogP contribution in [0.1, 0.15) is 44.7 Å². The normalized spacial score (nSPS) is 12.8. The van der Waals surface area contributed by atoms with Gasteiger partial charge < -0.3 is 10.2 Å². The average molecular weight is 605 g/mol. The Balaban J connectivity index is 2.04. The summed E-state index contributed by atoms with van der Waals surface area (Å²) in [7, 11) is -4.14. The van der Waals surface area contributed by atoms with Gasteiger partial charge in [-0.25, -0.2) is 8.42 Å². The Morgan fingerprint density at radius 1 is 0.850 bits per heavy atom. The molecule has 10 heteroatoms. The largest absolute Gasteiger partial charge is 0.352 e. The molecule has 40 heavy (non-hydrogen) atoms. The van der Waals surface area contributed by atoms with E-state index in [9.17, 15) is 18.0 Å². The third-order valence-electron chi connectivity index (χ3n) is 6.66. The molecule has 0 aliphatic heterocycles. The van der Waals surface area contributed by atoms with Crippen molar-refractivity contribution in [3.05, 3.63) is 94.0 Å². The fourth-order valence-electron chi connectivity index (χ4n) is 4.12. The molecule has 2 amide bonds. The van der Waals surface area contributed by atoms with Crippen LogP contribution in [0.4, 0.5) is 5.69 Å². The van der Waals surface area contributed by atoms with Gasteiger partial charge >= 0.3 is 0 Å². The van der Waals surface area contributed by atoms with Crippen LogP contribution in [0.3, 0.4) is 0 Å². The number of nitrogens with one attached hydrogen (secondary N) is 1. The lowest BCUT2D eigenvalue weighted by atomic mass is 10.1. The van der Waals surface area contributed by atoms with Gasteiger partial charge in [0, 0.05) is 22.6 Å². The molecule has 0 aliphatic carbocycles. The summed E-state index contributed by atoms with van der Waals surface area (Å²) in [6.07, 6.45) is 1.07. The van der Waals surface area contributed by atoms with Crippen LogP contribution in [0.2, 0.25) is 10.0 Å². The van der Waals surface area contributed by atoms with Gasteiger partial charge in [0.15, 0.2) is 0 Å². The van der Waals surface area contributed by atoms with Gasteiger partial charge in [0.2, 0.25) is 11.8 Å². The van der Waals surface area contributed by atoms with E-state index in [1.165, 1.54) is 17.0 Å². The van der Waals surface area contributed by atoms with Gasteiger partial charge in [-0.15, -0.1) is 0 Å². The predicted molar refractivity (Wildman–Crippen MR) is 161 cm³/mol. The van der Waals surface area contributed by atoms with Crippen molar-refractivity contribution in [2.45, 2.75) is 64.1 Å². The smallest absolute Gasteiger partial charge is 0.264 e. The number of hydrogen-bond acceptors (Lipinski definition) is 4. The van der Waals surface area contributed by atoms with E-state index >= 15 is 0 Å². The van der Waals surface area contributed by atoms with Crippen molar-refractivity contribution < 1.29 is 18.0 Å². The Morgan fingerprint density at radius 2 is 1.40 bits per heavy atom. The second kappa shape index (κ2) is 14.0. The van der Waals surface area contributed by atoms with Crippen LogP contribution >= 0.6 is 23.2 Å². The number of carbonyl (C=O) groups is 2. The van der Waals surface area contributed by atoms with Crippen LogP contribution in [-0.4, -0.2) is 43.8 Å². The molecule has 0 spiro atoms. The quantitative estimate of drug-likeness (QED) is 0.266. The molecule has 214 valence electrons. The van der Waals surface area contributed by atoms with Crippen molar-refractivity contribution in [1.29, 1.82) is 0 Å².